The van der Waals surface area contributed by atoms with Crippen molar-refractivity contribution >= 4 is 18.0 Å². The van der Waals surface area contributed by atoms with Crippen LogP contribution in [-0.4, -0.2) is 42.3 Å². The molecule has 2 aromatic carbocycles. The van der Waals surface area contributed by atoms with Crippen LogP contribution in [0.15, 0.2) is 48.5 Å². The van der Waals surface area contributed by atoms with Crippen molar-refractivity contribution in [1.82, 2.24) is 10.6 Å². The molecule has 0 saturated carbocycles. The second-order valence-corrected chi connectivity index (χ2v) is 9.15. The number of hydrogen-bond donors (Lipinski definition) is 3. The number of ether oxygens (including phenoxy) is 1. The Hall–Kier alpha value is -3.35. The zero-order valence-corrected chi connectivity index (χ0v) is 20.0. The summed E-state index contributed by atoms with van der Waals surface area (Å²) in [7, 11) is 0. The first-order valence-electron chi connectivity index (χ1n) is 11.9. The van der Waals surface area contributed by atoms with E-state index < -0.39 is 24.0 Å². The summed E-state index contributed by atoms with van der Waals surface area (Å²) in [5, 5.41) is 14.7. The summed E-state index contributed by atoms with van der Waals surface area (Å²) in [6, 6.07) is 15.8. The van der Waals surface area contributed by atoms with Crippen molar-refractivity contribution in [3.05, 3.63) is 59.7 Å². The number of carbonyl (C=O) groups excluding carboxylic acids is 2. The van der Waals surface area contributed by atoms with Crippen molar-refractivity contribution in [1.29, 1.82) is 0 Å². The maximum absolute atomic E-state index is 12.8. The van der Waals surface area contributed by atoms with Gasteiger partial charge in [0.15, 0.2) is 0 Å². The normalized spacial score (nSPS) is 14.1. The molecule has 34 heavy (non-hydrogen) atoms. The standard InChI is InChI=1S/C27H34N2O5/c1-4-9-18(14-25(30)31)29-26(32)23(17(2)3)15-28-27(33)34-16-24-21-12-7-5-10-19(21)20-11-6-8-13-22(20)24/h5-8,10-13,17-18,23-24H,4,9,14-16H2,1-3H3,(H,28,33)(H,29,32)(H,30,31). The van der Waals surface area contributed by atoms with Crippen LogP contribution < -0.4 is 10.6 Å². The molecule has 182 valence electrons. The highest BCUT2D eigenvalue weighted by atomic mass is 16.5. The lowest BCUT2D eigenvalue weighted by atomic mass is 9.94. The number of nitrogens with one attached hydrogen (secondary N) is 2. The lowest BCUT2D eigenvalue weighted by Crippen LogP contribution is -2.45. The topological polar surface area (TPSA) is 105 Å². The SMILES string of the molecule is CCCC(CC(=O)O)NC(=O)C(CNC(=O)OCC1c2ccccc2-c2ccccc21)C(C)C. The first-order valence-corrected chi connectivity index (χ1v) is 11.9. The minimum Gasteiger partial charge on any atom is -0.481 e. The van der Waals surface area contributed by atoms with Gasteiger partial charge in [-0.05, 0) is 34.6 Å². The molecule has 0 fully saturated rings. The van der Waals surface area contributed by atoms with E-state index in [2.05, 4.69) is 34.9 Å². The van der Waals surface area contributed by atoms with Gasteiger partial charge in [0, 0.05) is 18.5 Å². The largest absolute Gasteiger partial charge is 0.481 e. The maximum Gasteiger partial charge on any atom is 0.407 e. The molecule has 3 rings (SSSR count). The third-order valence-electron chi connectivity index (χ3n) is 6.36. The molecular formula is C27H34N2O5. The number of carboxylic acids is 1. The van der Waals surface area contributed by atoms with Crippen molar-refractivity contribution in [2.45, 2.75) is 52.0 Å². The molecule has 1 aliphatic carbocycles. The fourth-order valence-corrected chi connectivity index (χ4v) is 4.57. The molecule has 2 aromatic rings. The molecule has 7 nitrogen and oxygen atoms in total. The molecule has 0 aliphatic heterocycles. The fourth-order valence-electron chi connectivity index (χ4n) is 4.57. The lowest BCUT2D eigenvalue weighted by molar-refractivity contribution is -0.138. The Morgan fingerprint density at radius 1 is 1.00 bits per heavy atom. The lowest BCUT2D eigenvalue weighted by Gasteiger charge is -2.24. The second kappa shape index (κ2) is 11.7. The molecule has 2 atom stereocenters. The quantitative estimate of drug-likeness (QED) is 0.450. The van der Waals surface area contributed by atoms with Gasteiger partial charge in [-0.3, -0.25) is 9.59 Å². The van der Waals surface area contributed by atoms with E-state index in [-0.39, 0.29) is 37.3 Å². The Kier molecular flexibility index (Phi) is 8.68. The molecule has 7 heteroatoms. The molecule has 3 N–H and O–H groups in total. The average Bonchev–Trinajstić information content (AvgIpc) is 3.11. The van der Waals surface area contributed by atoms with Crippen LogP contribution in [-0.2, 0) is 14.3 Å². The van der Waals surface area contributed by atoms with Crippen molar-refractivity contribution in [2.75, 3.05) is 13.2 Å². The highest BCUT2D eigenvalue weighted by Crippen LogP contribution is 2.44. The smallest absolute Gasteiger partial charge is 0.407 e. The second-order valence-electron chi connectivity index (χ2n) is 9.15. The molecule has 2 unspecified atom stereocenters. The van der Waals surface area contributed by atoms with Crippen LogP contribution in [0.1, 0.15) is 57.1 Å². The minimum absolute atomic E-state index is 0.0341. The van der Waals surface area contributed by atoms with Gasteiger partial charge in [-0.25, -0.2) is 4.79 Å². The van der Waals surface area contributed by atoms with E-state index in [0.29, 0.717) is 6.42 Å². The zero-order chi connectivity index (χ0) is 24.7. The van der Waals surface area contributed by atoms with Crippen LogP contribution in [0.3, 0.4) is 0 Å². The van der Waals surface area contributed by atoms with Crippen LogP contribution in [0.5, 0.6) is 0 Å². The predicted molar refractivity (Wildman–Crippen MR) is 130 cm³/mol. The number of alkyl carbamates (subject to hydrolysis) is 1. The van der Waals surface area contributed by atoms with Crippen molar-refractivity contribution in [2.24, 2.45) is 11.8 Å². The van der Waals surface area contributed by atoms with E-state index in [1.807, 2.05) is 45.0 Å². The molecule has 0 radical (unpaired) electrons. The van der Waals surface area contributed by atoms with Gasteiger partial charge in [0.1, 0.15) is 6.61 Å². The molecule has 2 amide bonds. The third-order valence-corrected chi connectivity index (χ3v) is 6.36. The number of carbonyl (C=O) groups is 3. The number of benzene rings is 2. The van der Waals surface area contributed by atoms with Crippen molar-refractivity contribution in [3.63, 3.8) is 0 Å². The number of rotatable bonds is 11. The van der Waals surface area contributed by atoms with E-state index in [1.54, 1.807) is 0 Å². The van der Waals surface area contributed by atoms with Gasteiger partial charge >= 0.3 is 12.1 Å². The van der Waals surface area contributed by atoms with Crippen LogP contribution in [0.25, 0.3) is 11.1 Å². The zero-order valence-electron chi connectivity index (χ0n) is 20.0. The van der Waals surface area contributed by atoms with E-state index in [9.17, 15) is 14.4 Å². The summed E-state index contributed by atoms with van der Waals surface area (Å²) in [6.45, 7) is 6.06. The van der Waals surface area contributed by atoms with Gasteiger partial charge in [0.05, 0.1) is 12.3 Å². The third kappa shape index (κ3) is 6.16. The Morgan fingerprint density at radius 3 is 2.12 bits per heavy atom. The van der Waals surface area contributed by atoms with Crippen molar-refractivity contribution < 1.29 is 24.2 Å². The van der Waals surface area contributed by atoms with E-state index >= 15 is 0 Å². The predicted octanol–water partition coefficient (Wildman–Crippen LogP) is 4.56. The Bertz CT molecular complexity index is 974. The number of aliphatic carboxylic acids is 1. The minimum atomic E-state index is -0.948. The van der Waals surface area contributed by atoms with Crippen LogP contribution >= 0.6 is 0 Å². The maximum atomic E-state index is 12.8. The summed E-state index contributed by atoms with van der Waals surface area (Å²) in [4.78, 5) is 36.4. The van der Waals surface area contributed by atoms with E-state index in [4.69, 9.17) is 9.84 Å². The van der Waals surface area contributed by atoms with Gasteiger partial charge in [-0.2, -0.15) is 0 Å². The summed E-state index contributed by atoms with van der Waals surface area (Å²) in [5.74, 6) is -1.77. The monoisotopic (exact) mass is 466 g/mol. The molecule has 0 spiro atoms. The van der Waals surface area contributed by atoms with E-state index in [0.717, 1.165) is 28.7 Å². The van der Waals surface area contributed by atoms with Crippen molar-refractivity contribution in [3.8, 4) is 11.1 Å². The Balaban J connectivity index is 1.57. The van der Waals surface area contributed by atoms with Gasteiger partial charge in [-0.1, -0.05) is 75.7 Å². The highest BCUT2D eigenvalue weighted by Gasteiger charge is 2.30. The molecule has 1 aliphatic rings. The van der Waals surface area contributed by atoms with Gasteiger partial charge in [0.2, 0.25) is 5.91 Å². The molecular weight excluding hydrogens is 432 g/mol. The first kappa shape index (κ1) is 25.3. The number of fused-ring (bicyclic) bond motifs is 3. The fraction of sp³-hybridized carbons (Fsp3) is 0.444. The summed E-state index contributed by atoms with van der Waals surface area (Å²) in [6.07, 6.45) is 0.658. The first-order chi connectivity index (χ1) is 16.3. The van der Waals surface area contributed by atoms with Crippen LogP contribution in [0.4, 0.5) is 4.79 Å². The van der Waals surface area contributed by atoms with Crippen LogP contribution in [0.2, 0.25) is 0 Å². The molecule has 0 saturated heterocycles. The van der Waals surface area contributed by atoms with E-state index in [1.165, 1.54) is 0 Å². The summed E-state index contributed by atoms with van der Waals surface area (Å²) in [5.41, 5.74) is 4.59. The molecule has 0 aromatic heterocycles. The molecule has 0 heterocycles. The van der Waals surface area contributed by atoms with Gasteiger partial charge in [-0.15, -0.1) is 0 Å². The Labute approximate surface area is 200 Å². The summed E-state index contributed by atoms with van der Waals surface area (Å²) < 4.78 is 5.56. The van der Waals surface area contributed by atoms with Gasteiger partial charge in [0.25, 0.3) is 0 Å². The number of hydrogen-bond acceptors (Lipinski definition) is 4. The number of carboxylic acid groups (broad SMARTS) is 1. The van der Waals surface area contributed by atoms with Gasteiger partial charge < -0.3 is 20.5 Å². The highest BCUT2D eigenvalue weighted by molar-refractivity contribution is 5.81. The number of amides is 2. The summed E-state index contributed by atoms with van der Waals surface area (Å²) >= 11 is 0. The van der Waals surface area contributed by atoms with Crippen LogP contribution in [0, 0.1) is 11.8 Å². The average molecular weight is 467 g/mol. The Morgan fingerprint density at radius 2 is 1.59 bits per heavy atom. The molecule has 0 bridgehead atoms.